The Morgan fingerprint density at radius 2 is 2.00 bits per heavy atom. The van der Waals surface area contributed by atoms with E-state index in [-0.39, 0.29) is 18.3 Å². The third-order valence-electron chi connectivity index (χ3n) is 2.79. The lowest BCUT2D eigenvalue weighted by atomic mass is 10.2. The van der Waals surface area contributed by atoms with Crippen LogP contribution in [0, 0.1) is 12.7 Å². The number of anilines is 2. The molecule has 0 atom stereocenters. The highest BCUT2D eigenvalue weighted by Crippen LogP contribution is 2.24. The molecule has 0 radical (unpaired) electrons. The summed E-state index contributed by atoms with van der Waals surface area (Å²) in [7, 11) is 0. The van der Waals surface area contributed by atoms with Crippen LogP contribution in [0.3, 0.4) is 0 Å². The number of ether oxygens (including phenoxy) is 1. The third kappa shape index (κ3) is 4.19. The van der Waals surface area contributed by atoms with Gasteiger partial charge in [-0.25, -0.2) is 4.39 Å². The second kappa shape index (κ2) is 6.58. The normalized spacial score (nSPS) is 10.2. The van der Waals surface area contributed by atoms with Crippen LogP contribution in [-0.2, 0) is 4.79 Å². The van der Waals surface area contributed by atoms with E-state index in [0.29, 0.717) is 27.2 Å². The monoisotopic (exact) mass is 352 g/mol. The molecule has 0 unspecified atom stereocenters. The fraction of sp³-hybridized carbons (Fsp3) is 0.133. The maximum atomic E-state index is 13.3. The molecule has 110 valence electrons. The molecule has 3 N–H and O–H groups in total. The molecule has 0 saturated carbocycles. The lowest BCUT2D eigenvalue weighted by Crippen LogP contribution is -2.20. The first-order chi connectivity index (χ1) is 9.95. The standard InChI is InChI=1S/C15H14BrFN2O2/c1-9-6-13(17)12(16)7-14(9)19-15(20)8-21-11-4-2-10(18)3-5-11/h2-7H,8,18H2,1H3,(H,19,20). The van der Waals surface area contributed by atoms with Crippen LogP contribution in [-0.4, -0.2) is 12.5 Å². The minimum atomic E-state index is -0.372. The van der Waals surface area contributed by atoms with Gasteiger partial charge in [0, 0.05) is 11.4 Å². The van der Waals surface area contributed by atoms with Crippen molar-refractivity contribution in [1.82, 2.24) is 0 Å². The van der Waals surface area contributed by atoms with Gasteiger partial charge in [-0.05, 0) is 64.8 Å². The Balaban J connectivity index is 1.96. The molecule has 0 saturated heterocycles. The number of nitrogens with two attached hydrogens (primary N) is 1. The van der Waals surface area contributed by atoms with Crippen LogP contribution in [0.2, 0.25) is 0 Å². The molecular weight excluding hydrogens is 339 g/mol. The SMILES string of the molecule is Cc1cc(F)c(Br)cc1NC(=O)COc1ccc(N)cc1. The molecule has 0 aliphatic carbocycles. The highest BCUT2D eigenvalue weighted by atomic mass is 79.9. The Morgan fingerprint density at radius 1 is 1.33 bits per heavy atom. The minimum absolute atomic E-state index is 0.141. The van der Waals surface area contributed by atoms with Crippen molar-refractivity contribution in [2.75, 3.05) is 17.7 Å². The van der Waals surface area contributed by atoms with Crippen LogP contribution in [0.25, 0.3) is 0 Å². The van der Waals surface area contributed by atoms with Gasteiger partial charge >= 0.3 is 0 Å². The molecule has 0 aliphatic heterocycles. The van der Waals surface area contributed by atoms with Crippen molar-refractivity contribution in [2.24, 2.45) is 0 Å². The van der Waals surface area contributed by atoms with Gasteiger partial charge in [0.2, 0.25) is 0 Å². The summed E-state index contributed by atoms with van der Waals surface area (Å²) in [5, 5.41) is 2.67. The van der Waals surface area contributed by atoms with Crippen molar-refractivity contribution >= 4 is 33.2 Å². The lowest BCUT2D eigenvalue weighted by molar-refractivity contribution is -0.118. The molecule has 0 heterocycles. The summed E-state index contributed by atoms with van der Waals surface area (Å²) in [6.07, 6.45) is 0. The average Bonchev–Trinajstić information content (AvgIpc) is 2.44. The molecule has 2 aromatic carbocycles. The second-order valence-electron chi connectivity index (χ2n) is 4.49. The molecular formula is C15H14BrFN2O2. The number of hydrogen-bond acceptors (Lipinski definition) is 3. The Kier molecular flexibility index (Phi) is 4.80. The zero-order valence-corrected chi connectivity index (χ0v) is 12.9. The fourth-order valence-electron chi connectivity index (χ4n) is 1.68. The second-order valence-corrected chi connectivity index (χ2v) is 5.34. The van der Waals surface area contributed by atoms with Gasteiger partial charge in [0.05, 0.1) is 4.47 Å². The number of hydrogen-bond donors (Lipinski definition) is 2. The smallest absolute Gasteiger partial charge is 0.262 e. The number of halogens is 2. The summed E-state index contributed by atoms with van der Waals surface area (Å²) in [5.74, 6) is -0.145. The van der Waals surface area contributed by atoms with E-state index in [0.717, 1.165) is 0 Å². The van der Waals surface area contributed by atoms with Crippen LogP contribution in [0.15, 0.2) is 40.9 Å². The fourth-order valence-corrected chi connectivity index (χ4v) is 2.02. The van der Waals surface area contributed by atoms with Crippen LogP contribution < -0.4 is 15.8 Å². The number of nitrogens with one attached hydrogen (secondary N) is 1. The van der Waals surface area contributed by atoms with Crippen LogP contribution in [0.4, 0.5) is 15.8 Å². The Hall–Kier alpha value is -2.08. The predicted octanol–water partition coefficient (Wildman–Crippen LogP) is 3.50. The molecule has 2 rings (SSSR count). The van der Waals surface area contributed by atoms with Gasteiger partial charge in [-0.1, -0.05) is 0 Å². The minimum Gasteiger partial charge on any atom is -0.484 e. The molecule has 2 aromatic rings. The summed E-state index contributed by atoms with van der Waals surface area (Å²) < 4.78 is 18.9. The quantitative estimate of drug-likeness (QED) is 0.827. The van der Waals surface area contributed by atoms with E-state index in [1.54, 1.807) is 31.2 Å². The van der Waals surface area contributed by atoms with Gasteiger partial charge in [-0.3, -0.25) is 4.79 Å². The van der Waals surface area contributed by atoms with Crippen molar-refractivity contribution in [3.63, 3.8) is 0 Å². The number of benzene rings is 2. The average molecular weight is 353 g/mol. The summed E-state index contributed by atoms with van der Waals surface area (Å²) in [5.41, 5.74) is 7.35. The van der Waals surface area contributed by atoms with Gasteiger partial charge in [0.1, 0.15) is 11.6 Å². The number of rotatable bonds is 4. The van der Waals surface area contributed by atoms with Crippen LogP contribution >= 0.6 is 15.9 Å². The third-order valence-corrected chi connectivity index (χ3v) is 3.40. The highest BCUT2D eigenvalue weighted by molar-refractivity contribution is 9.10. The Labute approximate surface area is 130 Å². The summed E-state index contributed by atoms with van der Waals surface area (Å²) >= 11 is 3.08. The van der Waals surface area contributed by atoms with E-state index in [4.69, 9.17) is 10.5 Å². The number of nitrogen functional groups attached to an aromatic ring is 1. The molecule has 0 aromatic heterocycles. The molecule has 0 spiro atoms. The first-order valence-electron chi connectivity index (χ1n) is 6.19. The largest absolute Gasteiger partial charge is 0.484 e. The zero-order valence-electron chi connectivity index (χ0n) is 11.3. The van der Waals surface area contributed by atoms with E-state index >= 15 is 0 Å². The maximum absolute atomic E-state index is 13.3. The molecule has 6 heteroatoms. The first-order valence-corrected chi connectivity index (χ1v) is 6.99. The Morgan fingerprint density at radius 3 is 2.67 bits per heavy atom. The van der Waals surface area contributed by atoms with Gasteiger partial charge in [0.15, 0.2) is 6.61 Å². The molecule has 21 heavy (non-hydrogen) atoms. The van der Waals surface area contributed by atoms with Crippen LogP contribution in [0.5, 0.6) is 5.75 Å². The van der Waals surface area contributed by atoms with E-state index in [2.05, 4.69) is 21.2 Å². The van der Waals surface area contributed by atoms with Gasteiger partial charge < -0.3 is 15.8 Å². The molecule has 0 fully saturated rings. The van der Waals surface area contributed by atoms with Crippen molar-refractivity contribution in [3.05, 3.63) is 52.3 Å². The predicted molar refractivity (Wildman–Crippen MR) is 83.8 cm³/mol. The molecule has 4 nitrogen and oxygen atoms in total. The van der Waals surface area contributed by atoms with Crippen LogP contribution in [0.1, 0.15) is 5.56 Å². The molecule has 1 amide bonds. The summed E-state index contributed by atoms with van der Waals surface area (Å²) in [4.78, 5) is 11.8. The van der Waals surface area contributed by atoms with E-state index in [1.165, 1.54) is 12.1 Å². The summed E-state index contributed by atoms with van der Waals surface area (Å²) in [6.45, 7) is 1.57. The van der Waals surface area contributed by atoms with E-state index in [9.17, 15) is 9.18 Å². The van der Waals surface area contributed by atoms with Gasteiger partial charge in [-0.15, -0.1) is 0 Å². The van der Waals surface area contributed by atoms with E-state index < -0.39 is 0 Å². The Bertz CT molecular complexity index is 659. The maximum Gasteiger partial charge on any atom is 0.262 e. The first kappa shape index (κ1) is 15.3. The summed E-state index contributed by atoms with van der Waals surface area (Å²) in [6, 6.07) is 9.61. The van der Waals surface area contributed by atoms with Gasteiger partial charge in [-0.2, -0.15) is 0 Å². The molecule has 0 bridgehead atoms. The number of aryl methyl sites for hydroxylation is 1. The molecule has 0 aliphatic rings. The van der Waals surface area contributed by atoms with Crippen molar-refractivity contribution in [2.45, 2.75) is 6.92 Å². The zero-order chi connectivity index (χ0) is 15.4. The number of amides is 1. The number of carbonyl (C=O) groups excluding carboxylic acids is 1. The highest BCUT2D eigenvalue weighted by Gasteiger charge is 2.09. The lowest BCUT2D eigenvalue weighted by Gasteiger charge is -2.10. The number of carbonyl (C=O) groups is 1. The van der Waals surface area contributed by atoms with Crippen molar-refractivity contribution in [1.29, 1.82) is 0 Å². The van der Waals surface area contributed by atoms with Crippen molar-refractivity contribution in [3.8, 4) is 5.75 Å². The van der Waals surface area contributed by atoms with Gasteiger partial charge in [0.25, 0.3) is 5.91 Å². The topological polar surface area (TPSA) is 64.3 Å². The van der Waals surface area contributed by atoms with E-state index in [1.807, 2.05) is 0 Å². The van der Waals surface area contributed by atoms with Crippen molar-refractivity contribution < 1.29 is 13.9 Å².